The summed E-state index contributed by atoms with van der Waals surface area (Å²) in [6, 6.07) is 5.46. The average molecular weight is 410 g/mol. The first-order valence-electron chi connectivity index (χ1n) is 9.21. The molecule has 1 amide bonds. The van der Waals surface area contributed by atoms with Gasteiger partial charge in [-0.2, -0.15) is 0 Å². The van der Waals surface area contributed by atoms with Crippen LogP contribution in [-0.2, 0) is 24.3 Å². The second-order valence-corrected chi connectivity index (χ2v) is 9.14. The van der Waals surface area contributed by atoms with Crippen molar-refractivity contribution in [2.75, 3.05) is 6.54 Å². The molecule has 0 saturated heterocycles. The van der Waals surface area contributed by atoms with E-state index in [4.69, 9.17) is 4.74 Å². The Morgan fingerprint density at radius 3 is 2.39 bits per heavy atom. The Bertz CT molecular complexity index is 877. The number of esters is 1. The molecule has 2 N–H and O–H groups in total. The number of nitrogens with zero attached hydrogens (tertiary/aromatic N) is 1. The fraction of sp³-hybridized carbons (Fsp3) is 0.526. The van der Waals surface area contributed by atoms with Crippen LogP contribution in [-0.4, -0.2) is 44.8 Å². The topological polar surface area (TPSA) is 114 Å². The van der Waals surface area contributed by atoms with Crippen LogP contribution in [0.5, 0.6) is 0 Å². The molecule has 154 valence electrons. The number of aliphatic imine (C=N–C) groups is 1. The summed E-state index contributed by atoms with van der Waals surface area (Å²) in [5.41, 5.74) is 0.406. The van der Waals surface area contributed by atoms with Crippen molar-refractivity contribution in [1.82, 2.24) is 10.0 Å². The van der Waals surface area contributed by atoms with Crippen molar-refractivity contribution in [2.45, 2.75) is 51.7 Å². The van der Waals surface area contributed by atoms with Crippen molar-refractivity contribution in [2.24, 2.45) is 16.8 Å². The van der Waals surface area contributed by atoms with Gasteiger partial charge in [-0.05, 0) is 30.9 Å². The van der Waals surface area contributed by atoms with Crippen molar-refractivity contribution >= 4 is 27.7 Å². The van der Waals surface area contributed by atoms with Crippen LogP contribution in [0.1, 0.15) is 40.2 Å². The highest BCUT2D eigenvalue weighted by molar-refractivity contribution is 7.90. The monoisotopic (exact) mass is 409 g/mol. The van der Waals surface area contributed by atoms with E-state index in [9.17, 15) is 18.0 Å². The summed E-state index contributed by atoms with van der Waals surface area (Å²) in [5, 5.41) is 2.71. The van der Waals surface area contributed by atoms with Gasteiger partial charge in [0.2, 0.25) is 0 Å². The number of ether oxygens (including phenoxy) is 1. The number of rotatable bonds is 7. The predicted octanol–water partition coefficient (Wildman–Crippen LogP) is 1.45. The van der Waals surface area contributed by atoms with Crippen molar-refractivity contribution in [1.29, 1.82) is 0 Å². The molecule has 0 bridgehead atoms. The average Bonchev–Trinajstić information content (AvgIpc) is 2.87. The maximum Gasteiger partial charge on any atom is 0.331 e. The van der Waals surface area contributed by atoms with Gasteiger partial charge in [0.1, 0.15) is 5.84 Å². The van der Waals surface area contributed by atoms with Crippen molar-refractivity contribution in [3.05, 3.63) is 29.8 Å². The summed E-state index contributed by atoms with van der Waals surface area (Å²) in [6.45, 7) is 9.44. The Morgan fingerprint density at radius 1 is 1.14 bits per heavy atom. The van der Waals surface area contributed by atoms with Gasteiger partial charge in [-0.1, -0.05) is 39.8 Å². The first kappa shape index (κ1) is 21.9. The summed E-state index contributed by atoms with van der Waals surface area (Å²) >= 11 is 0. The number of benzene rings is 1. The zero-order chi connectivity index (χ0) is 21.1. The lowest BCUT2D eigenvalue weighted by atomic mass is 10.0. The lowest BCUT2D eigenvalue weighted by molar-refractivity contribution is -0.156. The normalized spacial score (nSPS) is 18.5. The van der Waals surface area contributed by atoms with Gasteiger partial charge in [-0.15, -0.1) is 0 Å². The SMILES string of the molecule is CC(C)CNC(=O)[C@H](C)OC(=O)[C@@H](N=C1NS(=O)(=O)c2ccccc21)C(C)C. The second-order valence-electron chi connectivity index (χ2n) is 7.49. The number of hydrogen-bond donors (Lipinski definition) is 2. The molecule has 1 aromatic rings. The quantitative estimate of drug-likeness (QED) is 0.662. The minimum Gasteiger partial charge on any atom is -0.451 e. The van der Waals surface area contributed by atoms with Gasteiger partial charge in [0.05, 0.1) is 4.90 Å². The van der Waals surface area contributed by atoms with Gasteiger partial charge in [0.15, 0.2) is 12.1 Å². The molecular weight excluding hydrogens is 382 g/mol. The molecule has 1 aromatic carbocycles. The molecule has 9 heteroatoms. The molecule has 0 unspecified atom stereocenters. The molecule has 1 heterocycles. The van der Waals surface area contributed by atoms with Crippen molar-refractivity contribution < 1.29 is 22.7 Å². The highest BCUT2D eigenvalue weighted by Gasteiger charge is 2.33. The van der Waals surface area contributed by atoms with E-state index in [1.165, 1.54) is 13.0 Å². The number of fused-ring (bicyclic) bond motifs is 1. The first-order valence-corrected chi connectivity index (χ1v) is 10.7. The number of amides is 1. The molecule has 8 nitrogen and oxygen atoms in total. The molecule has 28 heavy (non-hydrogen) atoms. The van der Waals surface area contributed by atoms with E-state index in [2.05, 4.69) is 15.0 Å². The second kappa shape index (κ2) is 8.72. The van der Waals surface area contributed by atoms with Gasteiger partial charge < -0.3 is 10.1 Å². The number of nitrogens with one attached hydrogen (secondary N) is 2. The standard InChI is InChI=1S/C19H27N3O5S/c1-11(2)10-20-18(23)13(5)27-19(24)16(12(3)4)21-17-14-8-6-7-9-15(14)28(25,26)22-17/h6-9,11-13,16H,10H2,1-5H3,(H,20,23)(H,21,22)/t13-,16-/m0/s1. The Kier molecular flexibility index (Phi) is 6.82. The highest BCUT2D eigenvalue weighted by Crippen LogP contribution is 2.23. The summed E-state index contributed by atoms with van der Waals surface area (Å²) in [6.07, 6.45) is -0.972. The van der Waals surface area contributed by atoms with Gasteiger partial charge in [0.25, 0.3) is 15.9 Å². The molecule has 0 fully saturated rings. The van der Waals surface area contributed by atoms with E-state index in [-0.39, 0.29) is 28.5 Å². The Hall–Kier alpha value is -2.42. The zero-order valence-corrected chi connectivity index (χ0v) is 17.5. The summed E-state index contributed by atoms with van der Waals surface area (Å²) < 4.78 is 32.1. The largest absolute Gasteiger partial charge is 0.451 e. The summed E-state index contributed by atoms with van der Waals surface area (Å²) in [5.74, 6) is -0.953. The van der Waals surface area contributed by atoms with E-state index < -0.39 is 28.1 Å². The minimum absolute atomic E-state index is 0.100. The van der Waals surface area contributed by atoms with Crippen molar-refractivity contribution in [3.63, 3.8) is 0 Å². The Labute approximate surface area is 165 Å². The minimum atomic E-state index is -3.70. The van der Waals surface area contributed by atoms with E-state index in [0.717, 1.165) is 0 Å². The molecule has 0 radical (unpaired) electrons. The zero-order valence-electron chi connectivity index (χ0n) is 16.7. The van der Waals surface area contributed by atoms with Gasteiger partial charge in [-0.3, -0.25) is 14.5 Å². The van der Waals surface area contributed by atoms with E-state index in [1.807, 2.05) is 13.8 Å². The van der Waals surface area contributed by atoms with Gasteiger partial charge in [0, 0.05) is 12.1 Å². The van der Waals surface area contributed by atoms with Crippen LogP contribution in [0.3, 0.4) is 0 Å². The maximum atomic E-state index is 12.6. The smallest absolute Gasteiger partial charge is 0.331 e. The number of amidine groups is 1. The Balaban J connectivity index is 2.19. The van der Waals surface area contributed by atoms with Gasteiger partial charge >= 0.3 is 5.97 Å². The molecule has 0 saturated carbocycles. The van der Waals surface area contributed by atoms with Crippen molar-refractivity contribution in [3.8, 4) is 0 Å². The molecular formula is C19H27N3O5S. The molecule has 1 aliphatic heterocycles. The highest BCUT2D eigenvalue weighted by atomic mass is 32.2. The summed E-state index contributed by atoms with van der Waals surface area (Å²) in [7, 11) is -3.70. The lowest BCUT2D eigenvalue weighted by Gasteiger charge is -2.20. The van der Waals surface area contributed by atoms with E-state index in [0.29, 0.717) is 12.1 Å². The van der Waals surface area contributed by atoms with Crippen LogP contribution in [0.15, 0.2) is 34.2 Å². The number of hydrogen-bond acceptors (Lipinski definition) is 6. The van der Waals surface area contributed by atoms with E-state index >= 15 is 0 Å². The summed E-state index contributed by atoms with van der Waals surface area (Å²) in [4.78, 5) is 29.1. The third kappa shape index (κ3) is 5.09. The van der Waals surface area contributed by atoms with E-state index in [1.54, 1.807) is 32.0 Å². The van der Waals surface area contributed by atoms with Crippen LogP contribution in [0.25, 0.3) is 0 Å². The fourth-order valence-electron chi connectivity index (χ4n) is 2.59. The molecule has 1 aliphatic rings. The predicted molar refractivity (Wildman–Crippen MR) is 105 cm³/mol. The lowest BCUT2D eigenvalue weighted by Crippen LogP contribution is -2.40. The molecule has 2 atom stereocenters. The molecule has 0 aromatic heterocycles. The number of carbonyl (C=O) groups is 2. The maximum absolute atomic E-state index is 12.6. The molecule has 0 spiro atoms. The Morgan fingerprint density at radius 2 is 1.79 bits per heavy atom. The van der Waals surface area contributed by atoms with Crippen LogP contribution in [0, 0.1) is 11.8 Å². The number of carbonyl (C=O) groups excluding carboxylic acids is 2. The third-order valence-electron chi connectivity index (χ3n) is 4.15. The van der Waals surface area contributed by atoms with Gasteiger partial charge in [-0.25, -0.2) is 13.2 Å². The molecule has 2 rings (SSSR count). The fourth-order valence-corrected chi connectivity index (χ4v) is 3.83. The third-order valence-corrected chi connectivity index (χ3v) is 5.55. The number of sulfonamides is 1. The van der Waals surface area contributed by atoms with Crippen LogP contribution in [0.2, 0.25) is 0 Å². The van der Waals surface area contributed by atoms with Crippen LogP contribution < -0.4 is 10.0 Å². The molecule has 0 aliphatic carbocycles. The van der Waals surface area contributed by atoms with Crippen LogP contribution in [0.4, 0.5) is 0 Å². The first-order chi connectivity index (χ1) is 13.0. The van der Waals surface area contributed by atoms with Crippen LogP contribution >= 0.6 is 0 Å².